The number of hydrogen-bond acceptors (Lipinski definition) is 30. The van der Waals surface area contributed by atoms with Crippen molar-refractivity contribution in [3.8, 4) is 34.5 Å². The van der Waals surface area contributed by atoms with Crippen LogP contribution in [0.25, 0.3) is 32.7 Å². The fraction of sp³-hybridized carbons (Fsp3) is 0.435. The van der Waals surface area contributed by atoms with E-state index in [0.29, 0.717) is 110 Å². The van der Waals surface area contributed by atoms with Crippen LogP contribution >= 0.6 is 0 Å². The van der Waals surface area contributed by atoms with Crippen molar-refractivity contribution in [3.63, 3.8) is 0 Å². The van der Waals surface area contributed by atoms with Crippen LogP contribution in [0.3, 0.4) is 0 Å². The first-order valence-corrected chi connectivity index (χ1v) is 34.8. The summed E-state index contributed by atoms with van der Waals surface area (Å²) in [5.74, 6) is 4.54. The van der Waals surface area contributed by atoms with E-state index in [4.69, 9.17) is 74.8 Å². The number of fused-ring (bicyclic) bond motifs is 9. The number of rotatable bonds is 21. The Morgan fingerprint density at radius 1 is 0.410 bits per heavy atom. The second-order valence-corrected chi connectivity index (χ2v) is 24.7. The maximum Gasteiger partial charge on any atom is 0.283 e. The van der Waals surface area contributed by atoms with Gasteiger partial charge in [-0.05, 0) is 55.7 Å². The van der Waals surface area contributed by atoms with E-state index >= 15 is 0 Å². The van der Waals surface area contributed by atoms with Crippen molar-refractivity contribution in [3.05, 3.63) is 107 Å². The van der Waals surface area contributed by atoms with E-state index in [0.717, 1.165) is 151 Å². The summed E-state index contributed by atoms with van der Waals surface area (Å²) in [5, 5.41) is 12.7. The number of nitrogens with two attached hydrogens (primary N) is 3. The van der Waals surface area contributed by atoms with Gasteiger partial charge in [-0.1, -0.05) is 0 Å². The molecule has 6 aliphatic rings. The maximum atomic E-state index is 12.8. The highest BCUT2D eigenvalue weighted by Gasteiger charge is 2.26. The fourth-order valence-electron chi connectivity index (χ4n) is 12.7. The molecule has 0 atom stereocenters. The molecule has 36 nitrogen and oxygen atoms in total. The lowest BCUT2D eigenvalue weighted by Gasteiger charge is -2.26. The van der Waals surface area contributed by atoms with Crippen LogP contribution in [-0.4, -0.2) is 250 Å². The summed E-state index contributed by atoms with van der Waals surface area (Å²) in [4.78, 5) is 95.5. The molecular formula is C69H84N24O12. The predicted octanol–water partition coefficient (Wildman–Crippen LogP) is 2.05. The Labute approximate surface area is 601 Å². The predicted molar refractivity (Wildman–Crippen MR) is 385 cm³/mol. The molecule has 0 bridgehead atoms. The number of ether oxygens (including phenoxy) is 9. The van der Waals surface area contributed by atoms with Gasteiger partial charge in [-0.25, -0.2) is 44.9 Å². The Bertz CT molecular complexity index is 4330. The van der Waals surface area contributed by atoms with Gasteiger partial charge in [-0.2, -0.15) is 15.0 Å². The number of methoxy groups -OCH3 is 3. The second kappa shape index (κ2) is 34.3. The molecule has 3 saturated heterocycles. The summed E-state index contributed by atoms with van der Waals surface area (Å²) in [6.07, 6.45) is 10.7. The quantitative estimate of drug-likeness (QED) is 0.0561. The zero-order valence-electron chi connectivity index (χ0n) is 58.7. The standard InChI is InChI=1S/3C23H28N8O4/c3*1-33-19-17(35-10-2-6-30-8-11-34-12-9-30)4-3-16-18(19)28-23(31-7-5-25-20(16)31)29-21(32)15-13-26-22(24)27-14-15/h3*3-4,13-14,25H,2,5-12H2,1H3,(H2,24,26,27). The highest BCUT2D eigenvalue weighted by molar-refractivity contribution is 5.99. The Hall–Kier alpha value is -11.3. The van der Waals surface area contributed by atoms with Gasteiger partial charge in [0.2, 0.25) is 34.7 Å². The lowest BCUT2D eigenvalue weighted by atomic mass is 10.2. The van der Waals surface area contributed by atoms with E-state index in [1.807, 2.05) is 50.1 Å². The van der Waals surface area contributed by atoms with Gasteiger partial charge in [0, 0.05) is 152 Å². The molecule has 9 N–H and O–H groups in total. The van der Waals surface area contributed by atoms with Crippen LogP contribution < -0.4 is 78.4 Å². The lowest BCUT2D eigenvalue weighted by molar-refractivity contribution is 0.0357. The molecular weight excluding hydrogens is 1360 g/mol. The molecule has 3 fully saturated rings. The van der Waals surface area contributed by atoms with E-state index in [-0.39, 0.29) is 51.4 Å². The van der Waals surface area contributed by atoms with Crippen LogP contribution in [0.15, 0.2) is 88.6 Å². The van der Waals surface area contributed by atoms with Gasteiger partial charge >= 0.3 is 0 Å². The van der Waals surface area contributed by atoms with Gasteiger partial charge in [-0.15, -0.1) is 0 Å². The number of carbonyl (C=O) groups excluding carboxylic acids is 3. The zero-order chi connectivity index (χ0) is 72.6. The first kappa shape index (κ1) is 72.1. The average Bonchev–Trinajstić information content (AvgIpc) is 1.74. The highest BCUT2D eigenvalue weighted by atomic mass is 16.5. The molecule has 0 unspecified atom stereocenters. The number of morpholine rings is 3. The molecule has 0 radical (unpaired) electrons. The van der Waals surface area contributed by atoms with E-state index in [1.54, 1.807) is 21.3 Å². The fourth-order valence-corrected chi connectivity index (χ4v) is 12.7. The van der Waals surface area contributed by atoms with Crippen molar-refractivity contribution in [1.82, 2.24) is 73.3 Å². The van der Waals surface area contributed by atoms with Crippen molar-refractivity contribution in [1.29, 1.82) is 0 Å². The summed E-state index contributed by atoms with van der Waals surface area (Å²) in [5.41, 5.74) is 19.7. The molecule has 6 aromatic heterocycles. The van der Waals surface area contributed by atoms with Crippen molar-refractivity contribution in [2.24, 2.45) is 15.0 Å². The third-order valence-corrected chi connectivity index (χ3v) is 18.0. The van der Waals surface area contributed by atoms with Gasteiger partial charge in [0.15, 0.2) is 34.5 Å². The normalized spacial score (nSPS) is 16.2. The van der Waals surface area contributed by atoms with Gasteiger partial charge in [0.05, 0.1) is 97.5 Å². The van der Waals surface area contributed by atoms with Crippen molar-refractivity contribution in [2.45, 2.75) is 38.9 Å². The van der Waals surface area contributed by atoms with Crippen molar-refractivity contribution < 1.29 is 57.0 Å². The summed E-state index contributed by atoms with van der Waals surface area (Å²) >= 11 is 0. The molecule has 0 spiro atoms. The molecule has 3 aromatic carbocycles. The summed E-state index contributed by atoms with van der Waals surface area (Å²) < 4.78 is 57.2. The molecule has 6 aliphatic heterocycles. The Morgan fingerprint density at radius 3 is 0.933 bits per heavy atom. The number of aromatic nitrogens is 12. The van der Waals surface area contributed by atoms with E-state index in [9.17, 15) is 14.4 Å². The number of carbonyl (C=O) groups is 3. The minimum Gasteiger partial charge on any atom is -0.491 e. The summed E-state index contributed by atoms with van der Waals surface area (Å²) in [6, 6.07) is 11.5. The van der Waals surface area contributed by atoms with Crippen LogP contribution in [0.1, 0.15) is 50.3 Å². The summed E-state index contributed by atoms with van der Waals surface area (Å²) in [6.45, 7) is 18.9. The van der Waals surface area contributed by atoms with Crippen molar-refractivity contribution >= 4 is 85.7 Å². The number of anilines is 6. The lowest BCUT2D eigenvalue weighted by Crippen LogP contribution is -2.37. The average molecular weight is 1440 g/mol. The molecule has 105 heavy (non-hydrogen) atoms. The van der Waals surface area contributed by atoms with Crippen LogP contribution in [0.5, 0.6) is 34.5 Å². The SMILES string of the molecule is COc1c(OCCCN2CCOCC2)ccc2c3n(c(=NC(=O)c4cnc(N)nc4)nc12)CCN3.COc1c(OCCCN2CCOCC2)ccc2c3n(c(=NC(=O)c4cnc(N)nc4)nc12)CCN3.COc1c(OCCCN2CCOCC2)ccc2c3n(c(=NC(=O)c4cnc(N)nc4)nc12)CCN3. The Kier molecular flexibility index (Phi) is 23.6. The minimum atomic E-state index is -0.507. The monoisotopic (exact) mass is 1440 g/mol. The number of amides is 3. The van der Waals surface area contributed by atoms with Crippen LogP contribution in [0, 0.1) is 0 Å². The number of nitrogens with one attached hydrogen (secondary N) is 3. The molecule has 552 valence electrons. The minimum absolute atomic E-state index is 0.0899. The maximum absolute atomic E-state index is 12.8. The van der Waals surface area contributed by atoms with Gasteiger partial charge in [0.1, 0.15) is 34.0 Å². The molecule has 12 heterocycles. The topological polar surface area (TPSA) is 426 Å². The third-order valence-electron chi connectivity index (χ3n) is 18.0. The molecule has 0 aliphatic carbocycles. The molecule has 9 aromatic rings. The van der Waals surface area contributed by atoms with Gasteiger partial charge in [0.25, 0.3) is 17.7 Å². The van der Waals surface area contributed by atoms with Crippen molar-refractivity contribution in [2.75, 3.05) is 192 Å². The molecule has 15 rings (SSSR count). The largest absolute Gasteiger partial charge is 0.491 e. The van der Waals surface area contributed by atoms with E-state index in [2.05, 4.69) is 75.5 Å². The molecule has 3 amide bonds. The third kappa shape index (κ3) is 17.2. The number of hydrogen-bond donors (Lipinski definition) is 6. The van der Waals surface area contributed by atoms with E-state index < -0.39 is 17.7 Å². The van der Waals surface area contributed by atoms with Crippen LogP contribution in [0.4, 0.5) is 35.3 Å². The van der Waals surface area contributed by atoms with Crippen LogP contribution in [-0.2, 0) is 33.8 Å². The second-order valence-electron chi connectivity index (χ2n) is 24.7. The first-order valence-electron chi connectivity index (χ1n) is 34.8. The molecule has 36 heteroatoms. The smallest absolute Gasteiger partial charge is 0.283 e. The molecule has 0 saturated carbocycles. The highest BCUT2D eigenvalue weighted by Crippen LogP contribution is 2.40. The Morgan fingerprint density at radius 2 is 0.676 bits per heavy atom. The Balaban J connectivity index is 0.000000140. The summed E-state index contributed by atoms with van der Waals surface area (Å²) in [7, 11) is 4.75. The first-order chi connectivity index (χ1) is 51.4. The van der Waals surface area contributed by atoms with Gasteiger partial charge in [-0.3, -0.25) is 42.8 Å². The van der Waals surface area contributed by atoms with Crippen LogP contribution in [0.2, 0.25) is 0 Å². The number of benzene rings is 3. The van der Waals surface area contributed by atoms with Gasteiger partial charge < -0.3 is 75.8 Å². The number of nitrogen functional groups attached to an aromatic ring is 3. The van der Waals surface area contributed by atoms with E-state index in [1.165, 1.54) is 37.2 Å². The number of nitrogens with zero attached hydrogens (tertiary/aromatic N) is 18. The zero-order valence-corrected chi connectivity index (χ0v) is 58.7.